The predicted octanol–water partition coefficient (Wildman–Crippen LogP) is 1.46. The van der Waals surface area contributed by atoms with Gasteiger partial charge < -0.3 is 24.8 Å². The Labute approximate surface area is 128 Å². The maximum atomic E-state index is 5.31. The van der Waals surface area contributed by atoms with Crippen molar-refractivity contribution < 1.29 is 14.2 Å². The lowest BCUT2D eigenvalue weighted by atomic mass is 10.1. The summed E-state index contributed by atoms with van der Waals surface area (Å²) in [6.45, 7) is 5.68. The average Bonchev–Trinajstić information content (AvgIpc) is 2.51. The molecule has 1 atom stereocenters. The molecule has 0 spiro atoms. The molecule has 1 aromatic rings. The van der Waals surface area contributed by atoms with Crippen LogP contribution in [-0.2, 0) is 11.2 Å². The van der Waals surface area contributed by atoms with Crippen LogP contribution in [0.2, 0.25) is 0 Å². The van der Waals surface area contributed by atoms with E-state index in [1.165, 1.54) is 5.56 Å². The highest BCUT2D eigenvalue weighted by atomic mass is 16.5. The maximum absolute atomic E-state index is 5.31. The minimum atomic E-state index is 0.432. The molecule has 120 valence electrons. The highest BCUT2D eigenvalue weighted by molar-refractivity contribution is 5.42. The quantitative estimate of drug-likeness (QED) is 0.606. The van der Waals surface area contributed by atoms with Gasteiger partial charge in [0.05, 0.1) is 20.8 Å². The summed E-state index contributed by atoms with van der Waals surface area (Å²) in [7, 11) is 5.03. The summed E-state index contributed by atoms with van der Waals surface area (Å²) in [5, 5.41) is 6.84. The molecule has 0 aliphatic carbocycles. The molecule has 1 rings (SSSR count). The Morgan fingerprint density at radius 2 is 1.81 bits per heavy atom. The van der Waals surface area contributed by atoms with Gasteiger partial charge in [-0.3, -0.25) is 0 Å². The topological polar surface area (TPSA) is 51.8 Å². The third-order valence-corrected chi connectivity index (χ3v) is 3.29. The number of ether oxygens (including phenoxy) is 3. The molecular weight excluding hydrogens is 268 g/mol. The summed E-state index contributed by atoms with van der Waals surface area (Å²) >= 11 is 0. The summed E-state index contributed by atoms with van der Waals surface area (Å²) in [6, 6.07) is 6.48. The van der Waals surface area contributed by atoms with Gasteiger partial charge in [-0.2, -0.15) is 0 Å². The molecule has 0 radical (unpaired) electrons. The monoisotopic (exact) mass is 296 g/mol. The third kappa shape index (κ3) is 6.80. The van der Waals surface area contributed by atoms with Crippen LogP contribution in [0.15, 0.2) is 18.2 Å². The number of rotatable bonds is 11. The van der Waals surface area contributed by atoms with Crippen molar-refractivity contribution in [3.63, 3.8) is 0 Å². The molecule has 0 fully saturated rings. The molecule has 1 aromatic carbocycles. The van der Waals surface area contributed by atoms with E-state index in [9.17, 15) is 0 Å². The highest BCUT2D eigenvalue weighted by Gasteiger charge is 2.05. The normalized spacial score (nSPS) is 12.2. The highest BCUT2D eigenvalue weighted by Crippen LogP contribution is 2.27. The first-order chi connectivity index (χ1) is 10.2. The van der Waals surface area contributed by atoms with Crippen LogP contribution in [-0.4, -0.2) is 53.6 Å². The van der Waals surface area contributed by atoms with E-state index in [-0.39, 0.29) is 0 Å². The molecule has 0 bridgehead atoms. The lowest BCUT2D eigenvalue weighted by Crippen LogP contribution is -2.38. The molecule has 2 N–H and O–H groups in total. The Bertz CT molecular complexity index is 399. The van der Waals surface area contributed by atoms with Gasteiger partial charge >= 0.3 is 0 Å². The fourth-order valence-electron chi connectivity index (χ4n) is 2.06. The molecule has 5 heteroatoms. The van der Waals surface area contributed by atoms with Crippen LogP contribution in [0.1, 0.15) is 12.5 Å². The van der Waals surface area contributed by atoms with E-state index in [1.54, 1.807) is 21.3 Å². The zero-order chi connectivity index (χ0) is 15.5. The van der Waals surface area contributed by atoms with Gasteiger partial charge in [0, 0.05) is 26.2 Å². The summed E-state index contributed by atoms with van der Waals surface area (Å²) in [5.74, 6) is 1.55. The summed E-state index contributed by atoms with van der Waals surface area (Å²) < 4.78 is 15.6. The first-order valence-electron chi connectivity index (χ1n) is 7.35. The molecule has 0 aromatic heterocycles. The van der Waals surface area contributed by atoms with Crippen LogP contribution in [0.4, 0.5) is 0 Å². The van der Waals surface area contributed by atoms with Crippen LogP contribution >= 0.6 is 0 Å². The Kier molecular flexibility index (Phi) is 8.82. The first-order valence-corrected chi connectivity index (χ1v) is 7.35. The zero-order valence-electron chi connectivity index (χ0n) is 13.6. The van der Waals surface area contributed by atoms with Crippen LogP contribution in [0.25, 0.3) is 0 Å². The molecule has 0 heterocycles. The number of hydrogen-bond donors (Lipinski definition) is 2. The summed E-state index contributed by atoms with van der Waals surface area (Å²) in [5.41, 5.74) is 1.24. The van der Waals surface area contributed by atoms with Crippen molar-refractivity contribution in [1.29, 1.82) is 0 Å². The fourth-order valence-corrected chi connectivity index (χ4v) is 2.06. The molecule has 21 heavy (non-hydrogen) atoms. The summed E-state index contributed by atoms with van der Waals surface area (Å²) in [6.07, 6.45) is 0.961. The van der Waals surface area contributed by atoms with E-state index < -0.39 is 0 Å². The molecule has 0 saturated carbocycles. The van der Waals surface area contributed by atoms with Crippen LogP contribution in [0.3, 0.4) is 0 Å². The van der Waals surface area contributed by atoms with E-state index in [0.717, 1.165) is 44.2 Å². The first kappa shape index (κ1) is 17.8. The molecule has 0 aliphatic heterocycles. The van der Waals surface area contributed by atoms with E-state index >= 15 is 0 Å². The Hall–Kier alpha value is -1.30. The second-order valence-corrected chi connectivity index (χ2v) is 4.99. The van der Waals surface area contributed by atoms with E-state index in [1.807, 2.05) is 12.1 Å². The van der Waals surface area contributed by atoms with Crippen molar-refractivity contribution in [2.75, 3.05) is 47.6 Å². The molecular formula is C16H28N2O3. The lowest BCUT2D eigenvalue weighted by Gasteiger charge is -2.15. The van der Waals surface area contributed by atoms with Crippen molar-refractivity contribution in [3.05, 3.63) is 23.8 Å². The van der Waals surface area contributed by atoms with E-state index in [2.05, 4.69) is 23.6 Å². The SMILES string of the molecule is COCCNCC(C)NCCc1ccc(OC)c(OC)c1. The van der Waals surface area contributed by atoms with E-state index in [4.69, 9.17) is 14.2 Å². The van der Waals surface area contributed by atoms with Gasteiger partial charge in [0.1, 0.15) is 0 Å². The Balaban J connectivity index is 2.28. The molecule has 5 nitrogen and oxygen atoms in total. The van der Waals surface area contributed by atoms with Crippen LogP contribution < -0.4 is 20.1 Å². The van der Waals surface area contributed by atoms with Gasteiger partial charge in [-0.15, -0.1) is 0 Å². The Morgan fingerprint density at radius 1 is 1.05 bits per heavy atom. The van der Waals surface area contributed by atoms with Crippen molar-refractivity contribution in [1.82, 2.24) is 10.6 Å². The molecule has 1 unspecified atom stereocenters. The summed E-state index contributed by atoms with van der Waals surface area (Å²) in [4.78, 5) is 0. The van der Waals surface area contributed by atoms with Gasteiger partial charge in [-0.05, 0) is 37.6 Å². The van der Waals surface area contributed by atoms with Crippen molar-refractivity contribution >= 4 is 0 Å². The predicted molar refractivity (Wildman–Crippen MR) is 85.5 cm³/mol. The second kappa shape index (κ2) is 10.4. The third-order valence-electron chi connectivity index (χ3n) is 3.29. The molecule has 0 saturated heterocycles. The number of nitrogens with one attached hydrogen (secondary N) is 2. The largest absolute Gasteiger partial charge is 0.493 e. The van der Waals surface area contributed by atoms with Crippen molar-refractivity contribution in [2.24, 2.45) is 0 Å². The van der Waals surface area contributed by atoms with Crippen LogP contribution in [0.5, 0.6) is 11.5 Å². The Morgan fingerprint density at radius 3 is 2.48 bits per heavy atom. The van der Waals surface area contributed by atoms with Gasteiger partial charge in [0.15, 0.2) is 11.5 Å². The minimum absolute atomic E-state index is 0.432. The number of methoxy groups -OCH3 is 3. The van der Waals surface area contributed by atoms with Gasteiger partial charge in [0.2, 0.25) is 0 Å². The van der Waals surface area contributed by atoms with Crippen molar-refractivity contribution in [2.45, 2.75) is 19.4 Å². The molecule has 0 aliphatic rings. The standard InChI is InChI=1S/C16H28N2O3/c1-13(12-17-9-10-19-2)18-8-7-14-5-6-15(20-3)16(11-14)21-4/h5-6,11,13,17-18H,7-10,12H2,1-4H3. The zero-order valence-corrected chi connectivity index (χ0v) is 13.6. The fraction of sp³-hybridized carbons (Fsp3) is 0.625. The van der Waals surface area contributed by atoms with Gasteiger partial charge in [-0.1, -0.05) is 6.07 Å². The number of hydrogen-bond acceptors (Lipinski definition) is 5. The van der Waals surface area contributed by atoms with E-state index in [0.29, 0.717) is 6.04 Å². The molecule has 0 amide bonds. The average molecular weight is 296 g/mol. The smallest absolute Gasteiger partial charge is 0.160 e. The number of benzene rings is 1. The lowest BCUT2D eigenvalue weighted by molar-refractivity contribution is 0.198. The minimum Gasteiger partial charge on any atom is -0.493 e. The van der Waals surface area contributed by atoms with Gasteiger partial charge in [0.25, 0.3) is 0 Å². The maximum Gasteiger partial charge on any atom is 0.160 e. The van der Waals surface area contributed by atoms with Crippen molar-refractivity contribution in [3.8, 4) is 11.5 Å². The van der Waals surface area contributed by atoms with Crippen LogP contribution in [0, 0.1) is 0 Å². The second-order valence-electron chi connectivity index (χ2n) is 4.99. The van der Waals surface area contributed by atoms with Gasteiger partial charge in [-0.25, -0.2) is 0 Å².